The molecule has 0 aliphatic heterocycles. The number of hydrogen-bond donors (Lipinski definition) is 0. The van der Waals surface area contributed by atoms with Crippen LogP contribution in [0.25, 0.3) is 0 Å². The van der Waals surface area contributed by atoms with Gasteiger partial charge in [-0.2, -0.15) is 0 Å². The highest BCUT2D eigenvalue weighted by molar-refractivity contribution is 5.85. The third kappa shape index (κ3) is 6.10. The molecule has 0 radical (unpaired) electrons. The van der Waals surface area contributed by atoms with Crippen LogP contribution in [0, 0.1) is 29.6 Å². The van der Waals surface area contributed by atoms with Crippen molar-refractivity contribution in [3.8, 4) is 23.8 Å². The smallest absolute Gasteiger partial charge is 0.311 e. The lowest BCUT2D eigenvalue weighted by Crippen LogP contribution is -2.14. The maximum Gasteiger partial charge on any atom is 0.311 e. The van der Waals surface area contributed by atoms with Crippen LogP contribution >= 0.6 is 0 Å². The summed E-state index contributed by atoms with van der Waals surface area (Å²) in [5.41, 5.74) is 1.59. The number of carbonyl (C=O) groups is 1. The third-order valence-electron chi connectivity index (χ3n) is 6.31. The Morgan fingerprint density at radius 1 is 1.03 bits per heavy atom. The van der Waals surface area contributed by atoms with Crippen molar-refractivity contribution in [2.45, 2.75) is 26.4 Å². The molecule has 0 bridgehead atoms. The van der Waals surface area contributed by atoms with Crippen molar-refractivity contribution in [1.29, 1.82) is 0 Å². The largest absolute Gasteiger partial charge is 0.457 e. The lowest BCUT2D eigenvalue weighted by Gasteiger charge is -2.15. The quantitative estimate of drug-likeness (QED) is 0.117. The summed E-state index contributed by atoms with van der Waals surface area (Å²) >= 11 is 0. The number of esters is 1. The van der Waals surface area contributed by atoms with E-state index >= 15 is 0 Å². The van der Waals surface area contributed by atoms with Gasteiger partial charge < -0.3 is 14.3 Å². The molecule has 5 nitrogen and oxygen atoms in total. The van der Waals surface area contributed by atoms with E-state index in [1.54, 1.807) is 12.3 Å². The number of rotatable bonds is 10. The van der Waals surface area contributed by atoms with Crippen LogP contribution < -0.4 is 4.74 Å². The molecule has 0 heterocycles. The predicted octanol–water partition coefficient (Wildman–Crippen LogP) is 6.21. The Hall–Kier alpha value is -4.04. The molecule has 0 N–H and O–H groups in total. The minimum Gasteiger partial charge on any atom is -0.457 e. The third-order valence-corrected chi connectivity index (χ3v) is 6.31. The van der Waals surface area contributed by atoms with Gasteiger partial charge in [0.2, 0.25) is 0 Å². The van der Waals surface area contributed by atoms with Gasteiger partial charge in [-0.1, -0.05) is 85.6 Å². The molecule has 3 aromatic carbocycles. The van der Waals surface area contributed by atoms with E-state index in [9.17, 15) is 4.79 Å². The standard InChI is InChI=1S/C30H29NO4/c1-4-27(23-14-11-17-25(20-23)34-24-15-9-6-10-16-24)35-29(32)28-26(30(28,2)3)21-31-33-19-18-22-12-7-5-8-13-22/h1,5-17,20-21,26-28H,18-19H2,2-3H3/t26-,27?,28+/m1/s1. The first kappa shape index (κ1) is 24.1. The first-order valence-electron chi connectivity index (χ1n) is 11.7. The van der Waals surface area contributed by atoms with Crippen LogP contribution in [0.4, 0.5) is 0 Å². The van der Waals surface area contributed by atoms with Crippen LogP contribution in [0.3, 0.4) is 0 Å². The number of nitrogens with zero attached hydrogens (tertiary/aromatic N) is 1. The molecule has 35 heavy (non-hydrogen) atoms. The van der Waals surface area contributed by atoms with Crippen molar-refractivity contribution in [1.82, 2.24) is 0 Å². The second kappa shape index (κ2) is 10.9. The number of hydrogen-bond acceptors (Lipinski definition) is 5. The van der Waals surface area contributed by atoms with E-state index in [1.807, 2.05) is 80.6 Å². The van der Waals surface area contributed by atoms with Crippen LogP contribution in [-0.2, 0) is 20.8 Å². The van der Waals surface area contributed by atoms with Gasteiger partial charge in [-0.15, -0.1) is 6.42 Å². The molecule has 1 aliphatic carbocycles. The number of terminal acetylenes is 1. The predicted molar refractivity (Wildman–Crippen MR) is 136 cm³/mol. The van der Waals surface area contributed by atoms with Crippen molar-refractivity contribution < 1.29 is 19.1 Å². The lowest BCUT2D eigenvalue weighted by molar-refractivity contribution is -0.149. The second-order valence-corrected chi connectivity index (χ2v) is 9.12. The van der Waals surface area contributed by atoms with E-state index in [4.69, 9.17) is 20.7 Å². The Balaban J connectivity index is 1.32. The number of oxime groups is 1. The molecule has 3 aromatic rings. The average Bonchev–Trinajstić information content (AvgIpc) is 3.43. The molecule has 4 rings (SSSR count). The molecule has 0 spiro atoms. The molecule has 0 aromatic heterocycles. The van der Waals surface area contributed by atoms with Crippen LogP contribution in [0.1, 0.15) is 31.1 Å². The average molecular weight is 468 g/mol. The van der Waals surface area contributed by atoms with Gasteiger partial charge in [-0.05, 0) is 35.2 Å². The molecular formula is C30H29NO4. The highest BCUT2D eigenvalue weighted by Gasteiger charge is 2.62. The summed E-state index contributed by atoms with van der Waals surface area (Å²) in [7, 11) is 0. The molecule has 1 fully saturated rings. The van der Waals surface area contributed by atoms with Crippen molar-refractivity contribution in [3.05, 3.63) is 96.1 Å². The summed E-state index contributed by atoms with van der Waals surface area (Å²) in [5, 5.41) is 4.10. The minimum atomic E-state index is -0.807. The van der Waals surface area contributed by atoms with Crippen LogP contribution in [-0.4, -0.2) is 18.8 Å². The first-order chi connectivity index (χ1) is 17.0. The number of benzene rings is 3. The topological polar surface area (TPSA) is 57.1 Å². The minimum absolute atomic E-state index is 0.0714. The van der Waals surface area contributed by atoms with E-state index in [0.29, 0.717) is 23.7 Å². The van der Waals surface area contributed by atoms with Gasteiger partial charge in [0, 0.05) is 24.1 Å². The zero-order chi connectivity index (χ0) is 24.7. The zero-order valence-corrected chi connectivity index (χ0v) is 20.0. The Morgan fingerprint density at radius 2 is 1.71 bits per heavy atom. The molecule has 3 atom stereocenters. The maximum absolute atomic E-state index is 13.0. The molecular weight excluding hydrogens is 438 g/mol. The maximum atomic E-state index is 13.0. The van der Waals surface area contributed by atoms with Crippen molar-refractivity contribution in [3.63, 3.8) is 0 Å². The van der Waals surface area contributed by atoms with Crippen LogP contribution in [0.15, 0.2) is 90.1 Å². The van der Waals surface area contributed by atoms with Gasteiger partial charge in [0.25, 0.3) is 0 Å². The van der Waals surface area contributed by atoms with E-state index in [-0.39, 0.29) is 23.2 Å². The first-order valence-corrected chi connectivity index (χ1v) is 11.7. The van der Waals surface area contributed by atoms with Gasteiger partial charge in [-0.3, -0.25) is 4.79 Å². The van der Waals surface area contributed by atoms with Crippen LogP contribution in [0.5, 0.6) is 11.5 Å². The second-order valence-electron chi connectivity index (χ2n) is 9.12. The summed E-state index contributed by atoms with van der Waals surface area (Å²) in [6.45, 7) is 4.50. The van der Waals surface area contributed by atoms with Gasteiger partial charge in [0.1, 0.15) is 18.1 Å². The molecule has 5 heteroatoms. The van der Waals surface area contributed by atoms with Crippen molar-refractivity contribution in [2.24, 2.45) is 22.4 Å². The fourth-order valence-electron chi connectivity index (χ4n) is 4.13. The fourth-order valence-corrected chi connectivity index (χ4v) is 4.13. The Labute approximate surface area is 206 Å². The van der Waals surface area contributed by atoms with Gasteiger partial charge in [0.05, 0.1) is 5.92 Å². The van der Waals surface area contributed by atoms with Gasteiger partial charge in [0.15, 0.2) is 6.10 Å². The monoisotopic (exact) mass is 467 g/mol. The molecule has 1 unspecified atom stereocenters. The number of ether oxygens (including phenoxy) is 2. The Bertz CT molecular complexity index is 1200. The lowest BCUT2D eigenvalue weighted by atomic mass is 10.1. The molecule has 178 valence electrons. The summed E-state index contributed by atoms with van der Waals surface area (Å²) in [4.78, 5) is 18.4. The summed E-state index contributed by atoms with van der Waals surface area (Å²) in [5.74, 6) is 3.18. The van der Waals surface area contributed by atoms with Crippen molar-refractivity contribution >= 4 is 12.2 Å². The Kier molecular flexibility index (Phi) is 7.52. The van der Waals surface area contributed by atoms with Crippen molar-refractivity contribution in [2.75, 3.05) is 6.61 Å². The number of para-hydroxylation sites is 1. The molecule has 0 amide bonds. The van der Waals surface area contributed by atoms with E-state index in [2.05, 4.69) is 23.2 Å². The van der Waals surface area contributed by atoms with Gasteiger partial charge >= 0.3 is 5.97 Å². The normalized spacial score (nSPS) is 18.9. The fraction of sp³-hybridized carbons (Fsp3) is 0.267. The summed E-state index contributed by atoms with van der Waals surface area (Å²) < 4.78 is 11.6. The van der Waals surface area contributed by atoms with Gasteiger partial charge in [-0.25, -0.2) is 0 Å². The Morgan fingerprint density at radius 3 is 2.43 bits per heavy atom. The molecule has 1 aliphatic rings. The molecule has 0 saturated heterocycles. The van der Waals surface area contributed by atoms with E-state index in [1.165, 1.54) is 5.56 Å². The summed E-state index contributed by atoms with van der Waals surface area (Å²) in [6.07, 6.45) is 7.40. The summed E-state index contributed by atoms with van der Waals surface area (Å²) in [6, 6.07) is 26.8. The van der Waals surface area contributed by atoms with E-state index < -0.39 is 6.10 Å². The SMILES string of the molecule is C#CC(OC(=O)[C@@H]1[C@@H](C=NOCCc2ccccc2)C1(C)C)c1cccc(Oc2ccccc2)c1. The number of carbonyl (C=O) groups excluding carboxylic acids is 1. The highest BCUT2D eigenvalue weighted by Crippen LogP contribution is 2.58. The highest BCUT2D eigenvalue weighted by atomic mass is 16.6. The zero-order valence-electron chi connectivity index (χ0n) is 20.0. The van der Waals surface area contributed by atoms with E-state index in [0.717, 1.165) is 6.42 Å². The molecule has 1 saturated carbocycles. The van der Waals surface area contributed by atoms with Crippen LogP contribution in [0.2, 0.25) is 0 Å².